The van der Waals surface area contributed by atoms with Crippen molar-refractivity contribution in [1.29, 1.82) is 5.26 Å². The van der Waals surface area contributed by atoms with Crippen LogP contribution in [0.25, 0.3) is 4.85 Å². The summed E-state index contributed by atoms with van der Waals surface area (Å²) >= 11 is 0. The van der Waals surface area contributed by atoms with E-state index in [1.165, 1.54) is 34.7 Å². The third-order valence-corrected chi connectivity index (χ3v) is 18.7. The number of carbonyl (C=O) groups excluding carboxylic acids is 6. The van der Waals surface area contributed by atoms with Crippen LogP contribution in [0.3, 0.4) is 0 Å². The number of amides is 5. The molecule has 5 N–H and O–H groups in total. The lowest BCUT2D eigenvalue weighted by molar-refractivity contribution is -0.146. The number of likely N-dealkylation sites (tertiary alicyclic amines) is 2. The number of cyclic esters (lactones) is 4. The van der Waals surface area contributed by atoms with Crippen molar-refractivity contribution in [3.8, 4) is 6.07 Å². The van der Waals surface area contributed by atoms with E-state index in [4.69, 9.17) is 36.4 Å². The Morgan fingerprint density at radius 1 is 0.546 bits per heavy atom. The molecule has 7 aromatic rings. The number of alkyl carbamates (subject to hydrolysis) is 1. The van der Waals surface area contributed by atoms with E-state index >= 15 is 0 Å². The molecule has 13 rings (SSSR count). The lowest BCUT2D eigenvalue weighted by atomic mass is 9.74. The molecule has 7 aromatic carbocycles. The summed E-state index contributed by atoms with van der Waals surface area (Å²) in [5.74, 6) is -10.1. The number of hydrogen-bond donors (Lipinski definition) is 4. The van der Waals surface area contributed by atoms with E-state index in [1.807, 2.05) is 78.9 Å². The summed E-state index contributed by atoms with van der Waals surface area (Å²) in [4.78, 5) is 92.8. The van der Waals surface area contributed by atoms with Crippen molar-refractivity contribution in [3.63, 3.8) is 0 Å². The number of halogens is 8. The minimum atomic E-state index is -1.21. The van der Waals surface area contributed by atoms with Crippen molar-refractivity contribution in [3.05, 3.63) is 261 Å². The van der Waals surface area contributed by atoms with Crippen molar-refractivity contribution in [1.82, 2.24) is 35.1 Å². The average molecular weight is 1500 g/mol. The second-order valence-corrected chi connectivity index (χ2v) is 25.6. The number of rotatable bonds is 19. The van der Waals surface area contributed by atoms with E-state index in [2.05, 4.69) is 48.2 Å². The number of piperidine rings is 2. The van der Waals surface area contributed by atoms with Crippen LogP contribution in [0, 0.1) is 64.4 Å². The topological polar surface area (TPSA) is 280 Å². The molecule has 6 aliphatic heterocycles. The van der Waals surface area contributed by atoms with Crippen LogP contribution in [-0.4, -0.2) is 170 Å². The number of esters is 1. The smallest absolute Gasteiger partial charge is 0.411 e. The number of nitrogens with one attached hydrogen (secondary N) is 2. The molecule has 5 amide bonds. The number of carboxylic acid groups (broad SMARTS) is 1. The predicted octanol–water partition coefficient (Wildman–Crippen LogP) is 11.5. The molecule has 0 bridgehead atoms. The lowest BCUT2D eigenvalue weighted by Crippen LogP contribution is -2.46. The molecule has 0 aliphatic carbocycles. The van der Waals surface area contributed by atoms with Gasteiger partial charge in [0.15, 0.2) is 46.5 Å². The Morgan fingerprint density at radius 2 is 0.963 bits per heavy atom. The van der Waals surface area contributed by atoms with Crippen LogP contribution in [0.2, 0.25) is 0 Å². The van der Waals surface area contributed by atoms with Crippen molar-refractivity contribution >= 4 is 42.2 Å². The number of aliphatic carboxylic acids is 1. The fourth-order valence-electron chi connectivity index (χ4n) is 12.7. The van der Waals surface area contributed by atoms with Gasteiger partial charge in [0, 0.05) is 70.8 Å². The Labute approximate surface area is 616 Å². The molecule has 0 saturated carbocycles. The first-order valence-electron chi connectivity index (χ1n) is 34.2. The van der Waals surface area contributed by atoms with E-state index in [-0.39, 0.29) is 57.6 Å². The van der Waals surface area contributed by atoms with E-state index < -0.39 is 119 Å². The van der Waals surface area contributed by atoms with Gasteiger partial charge in [-0.2, -0.15) is 5.26 Å². The lowest BCUT2D eigenvalue weighted by Gasteiger charge is -2.37. The highest BCUT2D eigenvalue weighted by Gasteiger charge is 2.43. The fourth-order valence-corrected chi connectivity index (χ4v) is 12.7. The molecule has 0 spiro atoms. The number of nitrogens with two attached hydrogens (primary N) is 1. The maximum absolute atomic E-state index is 13.6. The number of benzene rings is 7. The van der Waals surface area contributed by atoms with Gasteiger partial charge in [-0.05, 0) is 94.8 Å². The number of carbonyl (C=O) groups is 7. The molecule has 6 heterocycles. The summed E-state index contributed by atoms with van der Waals surface area (Å²) in [5.41, 5.74) is 9.32. The van der Waals surface area contributed by atoms with Gasteiger partial charge in [0.05, 0.1) is 35.7 Å². The van der Waals surface area contributed by atoms with E-state index in [0.717, 1.165) is 128 Å². The van der Waals surface area contributed by atoms with E-state index in [1.54, 1.807) is 0 Å². The van der Waals surface area contributed by atoms with E-state index in [0.29, 0.717) is 41.9 Å². The molecular weight excluding hydrogens is 1420 g/mol. The molecule has 6 saturated heterocycles. The summed E-state index contributed by atoms with van der Waals surface area (Å²) in [7, 11) is 0. The van der Waals surface area contributed by atoms with Gasteiger partial charge in [0.1, 0.15) is 52.7 Å². The Balaban J connectivity index is 0.000000162. The van der Waals surface area contributed by atoms with Gasteiger partial charge in [-0.15, -0.1) is 0 Å². The van der Waals surface area contributed by atoms with Crippen molar-refractivity contribution in [2.24, 2.45) is 5.73 Å². The Bertz CT molecular complexity index is 4380. The zero-order chi connectivity index (χ0) is 77.5. The Hall–Kier alpha value is -11.7. The number of nitriles is 1. The van der Waals surface area contributed by atoms with Crippen LogP contribution in [0.5, 0.6) is 0 Å². The van der Waals surface area contributed by atoms with Crippen LogP contribution in [0.15, 0.2) is 164 Å². The molecule has 31 heteroatoms. The monoisotopic (exact) mass is 1500 g/mol. The first-order valence-corrected chi connectivity index (χ1v) is 34.2. The highest BCUT2D eigenvalue weighted by molar-refractivity contribution is 5.83. The van der Waals surface area contributed by atoms with Gasteiger partial charge in [0.25, 0.3) is 5.54 Å². The highest BCUT2D eigenvalue weighted by Crippen LogP contribution is 2.38. The summed E-state index contributed by atoms with van der Waals surface area (Å²) in [6.07, 6.45) is 0.572. The molecule has 23 nitrogen and oxygen atoms in total. The van der Waals surface area contributed by atoms with Crippen molar-refractivity contribution in [2.45, 2.75) is 67.4 Å². The predicted molar refractivity (Wildman–Crippen MR) is 371 cm³/mol. The number of nitrogens with zero attached hydrogens (tertiary/aromatic N) is 7. The van der Waals surface area contributed by atoms with Crippen LogP contribution >= 0.6 is 0 Å². The van der Waals surface area contributed by atoms with Crippen LogP contribution in [0.1, 0.15) is 88.8 Å². The third-order valence-electron chi connectivity index (χ3n) is 18.7. The normalized spacial score (nSPS) is 19.0. The first kappa shape index (κ1) is 80.4. The SMILES string of the molecule is N#CC1(c2ccccc2)CCN(CCNC(=O)CN2C(=O)OCC2c2ccc(F)c(F)c2)CC1.O=C(CN1C(=O)OCC1c1ccc(F)c(F)c1)OCc1ccccc1.O=C(O)CN1C(=O)OCC1c1ccc(F)c(F)c1.O=C1NC(c2ccc(F)c(F)c2)CO1.[C-]#[N+]C1(c2ccccc2)CCN(CCN)CC1. The van der Waals surface area contributed by atoms with Crippen LogP contribution in [-0.2, 0) is 55.6 Å². The van der Waals surface area contributed by atoms with Crippen molar-refractivity contribution < 1.29 is 97.5 Å². The Morgan fingerprint density at radius 3 is 1.39 bits per heavy atom. The molecule has 108 heavy (non-hydrogen) atoms. The molecular formula is C77H76F8N10O13. The first-order chi connectivity index (χ1) is 51.9. The fraction of sp³-hybridized carbons (Fsp3) is 0.338. The standard InChI is InChI=1S/C25H26F2N4O3.C18H15F2NO4.C14H19N3.C11H9F2NO4.C9H7F2NO2/c26-20-7-6-18(14-21(20)27)22-16-34-24(33)31(22)15-23(32)29-10-13-30-11-8-25(17-28,9-12-30)19-4-2-1-3-5-19;19-14-7-6-13(8-15(14)20)16-11-25-18(23)21(16)9-17(22)24-10-12-4-2-1-3-5-12;1-16-14(13-5-3-2-4-6-13)7-10-17(11-8-14)12-9-15;12-7-2-1-6(3-8(7)13)9-5-18-11(17)14(9)4-10(15)16;10-6-2-1-5(3-7(6)11)8-4-14-9(13)12-8/h1-7,14,22H,8-13,15-16H2,(H,29,32);1-8,16H,9-11H2;2-6H,7-12,15H2;1-3,9H,4-5H2,(H,15,16);1-3,8H,4H2,(H,12,13). The molecule has 6 fully saturated rings. The number of hydrogen-bond acceptors (Lipinski definition) is 16. The zero-order valence-electron chi connectivity index (χ0n) is 58.1. The highest BCUT2D eigenvalue weighted by atomic mass is 19.2. The van der Waals surface area contributed by atoms with Gasteiger partial charge >= 0.3 is 36.3 Å². The minimum Gasteiger partial charge on any atom is -0.480 e. The third kappa shape index (κ3) is 21.3. The summed E-state index contributed by atoms with van der Waals surface area (Å²) in [5, 5.41) is 23.8. The Kier molecular flexibility index (Phi) is 28.3. The van der Waals surface area contributed by atoms with Crippen LogP contribution in [0.4, 0.5) is 54.3 Å². The quantitative estimate of drug-likeness (QED) is 0.0253. The maximum Gasteiger partial charge on any atom is 0.411 e. The molecule has 0 aromatic heterocycles. The molecule has 0 radical (unpaired) electrons. The second kappa shape index (κ2) is 38.0. The van der Waals surface area contributed by atoms with Gasteiger partial charge in [-0.25, -0.2) is 60.9 Å². The van der Waals surface area contributed by atoms with E-state index in [9.17, 15) is 73.9 Å². The van der Waals surface area contributed by atoms with Gasteiger partial charge in [-0.1, -0.05) is 115 Å². The van der Waals surface area contributed by atoms with Gasteiger partial charge in [0.2, 0.25) is 5.91 Å². The number of ether oxygens (including phenoxy) is 5. The summed E-state index contributed by atoms with van der Waals surface area (Å²) < 4.78 is 129. The van der Waals surface area contributed by atoms with Gasteiger partial charge < -0.3 is 59.8 Å². The number of carboxylic acids is 1. The van der Waals surface area contributed by atoms with Gasteiger partial charge in [-0.3, -0.25) is 29.1 Å². The van der Waals surface area contributed by atoms with Crippen LogP contribution < -0.4 is 16.4 Å². The summed E-state index contributed by atoms with van der Waals surface area (Å²) in [6, 6.07) is 42.5. The maximum atomic E-state index is 13.6. The average Bonchev–Trinajstić information content (AvgIpc) is 1.43. The zero-order valence-corrected chi connectivity index (χ0v) is 58.1. The molecule has 6 aliphatic rings. The largest absolute Gasteiger partial charge is 0.480 e. The molecule has 568 valence electrons. The summed E-state index contributed by atoms with van der Waals surface area (Å²) in [6.45, 7) is 12.6. The molecule has 4 unspecified atom stereocenters. The van der Waals surface area contributed by atoms with Crippen molar-refractivity contribution in [2.75, 3.05) is 98.4 Å². The molecule has 4 atom stereocenters. The second-order valence-electron chi connectivity index (χ2n) is 25.6. The minimum absolute atomic E-state index is 0.0347.